The summed E-state index contributed by atoms with van der Waals surface area (Å²) in [4.78, 5) is 4.18. The van der Waals surface area contributed by atoms with E-state index >= 15 is 0 Å². The monoisotopic (exact) mass is 562 g/mol. The second-order valence-corrected chi connectivity index (χ2v) is 9.02. The van der Waals surface area contributed by atoms with Gasteiger partial charge in [-0.05, 0) is 30.9 Å². The summed E-state index contributed by atoms with van der Waals surface area (Å²) >= 11 is 0. The highest BCUT2D eigenvalue weighted by Crippen LogP contribution is 2.33. The van der Waals surface area contributed by atoms with Crippen LogP contribution in [0.15, 0.2) is 29.3 Å². The molecule has 0 amide bonds. The van der Waals surface area contributed by atoms with E-state index in [2.05, 4.69) is 15.6 Å². The molecule has 0 radical (unpaired) electrons. The Hall–Kier alpha value is -1.28. The van der Waals surface area contributed by atoms with Crippen molar-refractivity contribution in [2.24, 2.45) is 4.99 Å². The molecule has 1 fully saturated rings. The number of ether oxygens (including phenoxy) is 1. The molecule has 0 aromatic heterocycles. The fourth-order valence-electron chi connectivity index (χ4n) is 3.62. The zero-order valence-electron chi connectivity index (χ0n) is 16.5. The van der Waals surface area contributed by atoms with E-state index in [9.17, 15) is 21.6 Å². The van der Waals surface area contributed by atoms with Crippen molar-refractivity contribution in [2.75, 3.05) is 33.3 Å². The van der Waals surface area contributed by atoms with Gasteiger partial charge in [0.25, 0.3) is 0 Å². The number of hydrogen-bond acceptors (Lipinski definition) is 4. The number of sulfonamides is 1. The molecule has 30 heavy (non-hydrogen) atoms. The molecule has 170 valence electrons. The van der Waals surface area contributed by atoms with Gasteiger partial charge < -0.3 is 15.4 Å². The van der Waals surface area contributed by atoms with Gasteiger partial charge >= 0.3 is 15.5 Å². The van der Waals surface area contributed by atoms with Crippen LogP contribution in [0.3, 0.4) is 0 Å². The highest BCUT2D eigenvalue weighted by atomic mass is 127. The van der Waals surface area contributed by atoms with Crippen molar-refractivity contribution in [1.82, 2.24) is 14.9 Å². The van der Waals surface area contributed by atoms with Crippen LogP contribution in [0.25, 0.3) is 0 Å². The molecule has 1 unspecified atom stereocenters. The number of rotatable bonds is 4. The summed E-state index contributed by atoms with van der Waals surface area (Å²) in [6.07, 6.45) is 1.42. The predicted octanol–water partition coefficient (Wildman–Crippen LogP) is 2.65. The minimum absolute atomic E-state index is 0. The minimum atomic E-state index is -5.26. The Morgan fingerprint density at radius 3 is 2.53 bits per heavy atom. The van der Waals surface area contributed by atoms with E-state index in [1.54, 1.807) is 7.05 Å². The molecule has 0 spiro atoms. The lowest BCUT2D eigenvalue weighted by Crippen LogP contribution is -2.52. The smallest absolute Gasteiger partial charge is 0.493 e. The summed E-state index contributed by atoms with van der Waals surface area (Å²) in [6.45, 7) is 0.927. The maximum absolute atomic E-state index is 12.7. The minimum Gasteiger partial charge on any atom is -0.493 e. The van der Waals surface area contributed by atoms with Gasteiger partial charge in [-0.15, -0.1) is 24.0 Å². The first kappa shape index (κ1) is 25.0. The molecule has 1 saturated heterocycles. The quantitative estimate of drug-likeness (QED) is 0.335. The van der Waals surface area contributed by atoms with E-state index in [-0.39, 0.29) is 61.9 Å². The fourth-order valence-corrected chi connectivity index (χ4v) is 4.61. The van der Waals surface area contributed by atoms with Crippen LogP contribution < -0.4 is 15.4 Å². The SMILES string of the molecule is CN=C(NCC1CCOc2ccccc21)NC1CCN(S(=O)(=O)C(F)(F)F)CC1.I. The van der Waals surface area contributed by atoms with E-state index in [1.165, 1.54) is 0 Å². The normalized spacial score (nSPS) is 21.2. The Bertz CT molecular complexity index is 843. The molecule has 2 N–H and O–H groups in total. The van der Waals surface area contributed by atoms with Crippen LogP contribution in [0.5, 0.6) is 5.75 Å². The Kier molecular flexibility index (Phi) is 8.62. The van der Waals surface area contributed by atoms with Gasteiger partial charge in [0.05, 0.1) is 6.61 Å². The summed E-state index contributed by atoms with van der Waals surface area (Å²) in [7, 11) is -3.64. The van der Waals surface area contributed by atoms with Gasteiger partial charge in [-0.3, -0.25) is 4.99 Å². The Morgan fingerprint density at radius 1 is 1.23 bits per heavy atom. The number of fused-ring (bicyclic) bond motifs is 1. The summed E-state index contributed by atoms with van der Waals surface area (Å²) in [5.74, 6) is 1.69. The number of piperidine rings is 1. The Labute approximate surface area is 191 Å². The van der Waals surface area contributed by atoms with Gasteiger partial charge in [0, 0.05) is 38.6 Å². The zero-order valence-corrected chi connectivity index (χ0v) is 19.6. The van der Waals surface area contributed by atoms with E-state index in [0.717, 1.165) is 17.7 Å². The second-order valence-electron chi connectivity index (χ2n) is 7.09. The third kappa shape index (κ3) is 5.69. The van der Waals surface area contributed by atoms with E-state index in [4.69, 9.17) is 4.74 Å². The lowest BCUT2D eigenvalue weighted by atomic mass is 9.93. The van der Waals surface area contributed by atoms with Crippen molar-refractivity contribution in [2.45, 2.75) is 36.7 Å². The van der Waals surface area contributed by atoms with Crippen molar-refractivity contribution in [1.29, 1.82) is 0 Å². The summed E-state index contributed by atoms with van der Waals surface area (Å²) in [5, 5.41) is 6.45. The predicted molar refractivity (Wildman–Crippen MR) is 119 cm³/mol. The van der Waals surface area contributed by atoms with Crippen LogP contribution in [0.2, 0.25) is 0 Å². The molecule has 1 atom stereocenters. The average Bonchev–Trinajstić information content (AvgIpc) is 2.70. The van der Waals surface area contributed by atoms with Crippen molar-refractivity contribution in [3.05, 3.63) is 29.8 Å². The van der Waals surface area contributed by atoms with Crippen LogP contribution in [0.4, 0.5) is 13.2 Å². The Balaban J connectivity index is 0.00000320. The molecule has 2 aliphatic rings. The molecule has 12 heteroatoms. The number of nitrogens with one attached hydrogen (secondary N) is 2. The molecule has 2 aliphatic heterocycles. The maximum atomic E-state index is 12.7. The number of guanidine groups is 1. The summed E-state index contributed by atoms with van der Waals surface area (Å²) in [5.41, 5.74) is -4.13. The van der Waals surface area contributed by atoms with Gasteiger partial charge in [0.15, 0.2) is 5.96 Å². The Morgan fingerprint density at radius 2 is 1.90 bits per heavy atom. The average molecular weight is 562 g/mol. The van der Waals surface area contributed by atoms with Crippen LogP contribution in [-0.2, 0) is 10.0 Å². The number of para-hydroxylation sites is 1. The van der Waals surface area contributed by atoms with Gasteiger partial charge in [-0.2, -0.15) is 17.5 Å². The van der Waals surface area contributed by atoms with E-state index < -0.39 is 15.5 Å². The molecule has 3 rings (SSSR count). The van der Waals surface area contributed by atoms with Crippen LogP contribution in [-0.4, -0.2) is 63.5 Å². The lowest BCUT2D eigenvalue weighted by Gasteiger charge is -2.33. The summed E-state index contributed by atoms with van der Waals surface area (Å²) in [6, 6.07) is 7.73. The molecule has 0 aliphatic carbocycles. The molecule has 0 bridgehead atoms. The van der Waals surface area contributed by atoms with E-state index in [0.29, 0.717) is 23.4 Å². The van der Waals surface area contributed by atoms with Crippen molar-refractivity contribution < 1.29 is 26.3 Å². The van der Waals surface area contributed by atoms with Crippen LogP contribution >= 0.6 is 24.0 Å². The molecule has 1 aromatic rings. The first-order valence-corrected chi connectivity index (χ1v) is 10.9. The molecule has 1 aromatic carbocycles. The highest BCUT2D eigenvalue weighted by Gasteiger charge is 2.50. The second kappa shape index (κ2) is 10.4. The lowest BCUT2D eigenvalue weighted by molar-refractivity contribution is -0.0494. The number of benzene rings is 1. The number of nitrogens with zero attached hydrogens (tertiary/aromatic N) is 2. The zero-order chi connectivity index (χ0) is 21.1. The van der Waals surface area contributed by atoms with Gasteiger partial charge in [0.2, 0.25) is 0 Å². The maximum Gasteiger partial charge on any atom is 0.511 e. The number of hydrogen-bond donors (Lipinski definition) is 2. The van der Waals surface area contributed by atoms with Crippen molar-refractivity contribution in [3.63, 3.8) is 0 Å². The first-order valence-electron chi connectivity index (χ1n) is 9.47. The number of aliphatic imine (C=N–C) groups is 1. The van der Waals surface area contributed by atoms with Gasteiger partial charge in [-0.25, -0.2) is 8.42 Å². The van der Waals surface area contributed by atoms with Crippen molar-refractivity contribution >= 4 is 40.0 Å². The third-order valence-electron chi connectivity index (χ3n) is 5.25. The standard InChI is InChI=1S/C18H25F3N4O3S.HI/c1-22-17(23-12-13-8-11-28-16-5-3-2-4-15(13)16)24-14-6-9-25(10-7-14)29(26,27)18(19,20)21;/h2-5,13-14H,6-12H2,1H3,(H2,22,23,24);1H. The topological polar surface area (TPSA) is 83.0 Å². The van der Waals surface area contributed by atoms with Crippen LogP contribution in [0, 0.1) is 0 Å². The van der Waals surface area contributed by atoms with E-state index in [1.807, 2.05) is 24.3 Å². The van der Waals surface area contributed by atoms with Gasteiger partial charge in [0.1, 0.15) is 5.75 Å². The molecule has 7 nitrogen and oxygen atoms in total. The number of halogens is 4. The first-order chi connectivity index (χ1) is 13.7. The molecular weight excluding hydrogens is 536 g/mol. The highest BCUT2D eigenvalue weighted by molar-refractivity contribution is 14.0. The van der Waals surface area contributed by atoms with Gasteiger partial charge in [-0.1, -0.05) is 18.2 Å². The molecule has 0 saturated carbocycles. The third-order valence-corrected chi connectivity index (χ3v) is 6.88. The largest absolute Gasteiger partial charge is 0.511 e. The number of alkyl halides is 3. The van der Waals surface area contributed by atoms with Crippen LogP contribution in [0.1, 0.15) is 30.7 Å². The van der Waals surface area contributed by atoms with Crippen molar-refractivity contribution in [3.8, 4) is 5.75 Å². The molecule has 2 heterocycles. The summed E-state index contributed by atoms with van der Waals surface area (Å²) < 4.78 is 67.2. The fraction of sp³-hybridized carbons (Fsp3) is 0.611. The molecular formula is C18H26F3IN4O3S.